The van der Waals surface area contributed by atoms with E-state index in [9.17, 15) is 12.8 Å². The minimum atomic E-state index is -3.98. The number of anilines is 1. The number of pyridine rings is 1. The van der Waals surface area contributed by atoms with Crippen LogP contribution in [-0.4, -0.2) is 41.4 Å². The molecule has 0 bridgehead atoms. The number of benzene rings is 2. The van der Waals surface area contributed by atoms with Gasteiger partial charge in [-0.15, -0.1) is 5.10 Å². The van der Waals surface area contributed by atoms with Crippen molar-refractivity contribution >= 4 is 26.6 Å². The number of alkyl halides is 1. The SMILES string of the molecule is Cn1nc(OCc2ccccc2)cc1NC1Cc2cc3cnc(C4CC4)cc3c(S(=O)(=O)NCC(C)(C)F)c2C1. The molecule has 1 saturated carbocycles. The average Bonchev–Trinajstić information content (AvgIpc) is 3.60. The summed E-state index contributed by atoms with van der Waals surface area (Å²) in [6, 6.07) is 15.7. The molecule has 2 heterocycles. The number of sulfonamides is 1. The third-order valence-electron chi connectivity index (χ3n) is 7.49. The molecule has 0 saturated heterocycles. The van der Waals surface area contributed by atoms with Gasteiger partial charge in [0.05, 0.1) is 4.90 Å². The summed E-state index contributed by atoms with van der Waals surface area (Å²) in [4.78, 5) is 4.87. The second-order valence-corrected chi connectivity index (χ2v) is 13.2. The molecule has 4 aromatic rings. The molecule has 2 aromatic carbocycles. The Morgan fingerprint density at radius 3 is 2.62 bits per heavy atom. The van der Waals surface area contributed by atoms with Crippen molar-refractivity contribution in [1.82, 2.24) is 19.5 Å². The lowest BCUT2D eigenvalue weighted by Crippen LogP contribution is -2.36. The number of hydrogen-bond acceptors (Lipinski definition) is 6. The topological polar surface area (TPSA) is 98.1 Å². The van der Waals surface area contributed by atoms with Crippen LogP contribution in [-0.2, 0) is 36.5 Å². The van der Waals surface area contributed by atoms with Crippen LogP contribution >= 0.6 is 0 Å². The number of aromatic nitrogens is 3. The second-order valence-electron chi connectivity index (χ2n) is 11.5. The van der Waals surface area contributed by atoms with Gasteiger partial charge in [0, 0.05) is 54.3 Å². The van der Waals surface area contributed by atoms with Crippen LogP contribution in [0.4, 0.5) is 10.2 Å². The number of nitrogens with zero attached hydrogens (tertiary/aromatic N) is 3. The minimum absolute atomic E-state index is 0.0494. The zero-order valence-corrected chi connectivity index (χ0v) is 23.8. The fourth-order valence-corrected chi connectivity index (χ4v) is 6.99. The molecule has 1 unspecified atom stereocenters. The lowest BCUT2D eigenvalue weighted by molar-refractivity contribution is 0.221. The molecule has 210 valence electrons. The smallest absolute Gasteiger partial charge is 0.241 e. The molecule has 2 aliphatic carbocycles. The Morgan fingerprint density at radius 2 is 1.90 bits per heavy atom. The Labute approximate surface area is 234 Å². The third kappa shape index (κ3) is 5.69. The highest BCUT2D eigenvalue weighted by Gasteiger charge is 2.34. The zero-order valence-electron chi connectivity index (χ0n) is 22.9. The Kier molecular flexibility index (Phi) is 6.78. The van der Waals surface area contributed by atoms with Gasteiger partial charge in [0.25, 0.3) is 0 Å². The summed E-state index contributed by atoms with van der Waals surface area (Å²) in [5.41, 5.74) is 2.02. The molecule has 1 atom stereocenters. The lowest BCUT2D eigenvalue weighted by Gasteiger charge is -2.18. The van der Waals surface area contributed by atoms with E-state index in [-0.39, 0.29) is 17.5 Å². The van der Waals surface area contributed by atoms with Gasteiger partial charge in [0.2, 0.25) is 15.9 Å². The number of halogens is 1. The number of rotatable bonds is 10. The van der Waals surface area contributed by atoms with Gasteiger partial charge in [-0.1, -0.05) is 30.3 Å². The molecular formula is C30H34FN5O3S. The van der Waals surface area contributed by atoms with E-state index in [0.717, 1.165) is 46.4 Å². The first kappa shape index (κ1) is 26.7. The molecule has 40 heavy (non-hydrogen) atoms. The summed E-state index contributed by atoms with van der Waals surface area (Å²) in [6.45, 7) is 2.84. The molecule has 2 aromatic heterocycles. The molecule has 10 heteroatoms. The Bertz CT molecular complexity index is 1660. The zero-order chi connectivity index (χ0) is 28.1. The third-order valence-corrected chi connectivity index (χ3v) is 9.02. The van der Waals surface area contributed by atoms with E-state index in [4.69, 9.17) is 4.74 Å². The minimum Gasteiger partial charge on any atom is -0.472 e. The number of fused-ring (bicyclic) bond motifs is 2. The van der Waals surface area contributed by atoms with Crippen molar-refractivity contribution in [3.63, 3.8) is 0 Å². The van der Waals surface area contributed by atoms with Gasteiger partial charge in [-0.05, 0) is 68.4 Å². The van der Waals surface area contributed by atoms with Crippen molar-refractivity contribution in [3.05, 3.63) is 77.1 Å². The van der Waals surface area contributed by atoms with E-state index in [1.165, 1.54) is 13.8 Å². The molecule has 2 aliphatic rings. The number of nitrogens with one attached hydrogen (secondary N) is 2. The largest absolute Gasteiger partial charge is 0.472 e. The fraction of sp³-hybridized carbons (Fsp3) is 0.400. The maximum atomic E-state index is 14.3. The Balaban J connectivity index is 1.28. The summed E-state index contributed by atoms with van der Waals surface area (Å²) in [6.07, 6.45) is 5.05. The van der Waals surface area contributed by atoms with Crippen molar-refractivity contribution in [2.45, 2.75) is 68.7 Å². The quantitative estimate of drug-likeness (QED) is 0.281. The van der Waals surface area contributed by atoms with Gasteiger partial charge >= 0.3 is 0 Å². The van der Waals surface area contributed by atoms with Crippen molar-refractivity contribution in [3.8, 4) is 5.88 Å². The predicted molar refractivity (Wildman–Crippen MR) is 153 cm³/mol. The van der Waals surface area contributed by atoms with Gasteiger partial charge in [0.15, 0.2) is 0 Å². The molecular weight excluding hydrogens is 529 g/mol. The molecule has 1 fully saturated rings. The van der Waals surface area contributed by atoms with Crippen molar-refractivity contribution < 1.29 is 17.5 Å². The van der Waals surface area contributed by atoms with Crippen LogP contribution < -0.4 is 14.8 Å². The number of ether oxygens (including phenoxy) is 1. The highest BCUT2D eigenvalue weighted by Crippen LogP contribution is 2.42. The summed E-state index contributed by atoms with van der Waals surface area (Å²) < 4.78 is 51.9. The molecule has 6 rings (SSSR count). The first-order valence-electron chi connectivity index (χ1n) is 13.7. The first-order valence-corrected chi connectivity index (χ1v) is 15.1. The van der Waals surface area contributed by atoms with E-state index in [0.29, 0.717) is 36.6 Å². The molecule has 0 radical (unpaired) electrons. The fourth-order valence-electron chi connectivity index (χ4n) is 5.30. The van der Waals surface area contributed by atoms with Crippen LogP contribution in [0.25, 0.3) is 10.8 Å². The maximum absolute atomic E-state index is 14.3. The molecule has 8 nitrogen and oxygen atoms in total. The maximum Gasteiger partial charge on any atom is 0.241 e. The predicted octanol–water partition coefficient (Wildman–Crippen LogP) is 5.03. The normalized spacial score (nSPS) is 17.2. The summed E-state index contributed by atoms with van der Waals surface area (Å²) in [5.74, 6) is 1.67. The highest BCUT2D eigenvalue weighted by atomic mass is 32.2. The van der Waals surface area contributed by atoms with Crippen molar-refractivity contribution in [1.29, 1.82) is 0 Å². The molecule has 0 spiro atoms. The van der Waals surface area contributed by atoms with E-state index >= 15 is 0 Å². The first-order chi connectivity index (χ1) is 19.1. The van der Waals surface area contributed by atoms with Crippen LogP contribution in [0.1, 0.15) is 55.0 Å². The molecule has 0 amide bonds. The van der Waals surface area contributed by atoms with Crippen LogP contribution in [0, 0.1) is 0 Å². The average molecular weight is 564 g/mol. The van der Waals surface area contributed by atoms with E-state index < -0.39 is 15.7 Å². The highest BCUT2D eigenvalue weighted by molar-refractivity contribution is 7.89. The van der Waals surface area contributed by atoms with Crippen molar-refractivity contribution in [2.75, 3.05) is 11.9 Å². The van der Waals surface area contributed by atoms with E-state index in [1.807, 2.05) is 55.6 Å². The van der Waals surface area contributed by atoms with Gasteiger partial charge in [-0.3, -0.25) is 4.98 Å². The van der Waals surface area contributed by atoms with Crippen LogP contribution in [0.2, 0.25) is 0 Å². The molecule has 2 N–H and O–H groups in total. The summed E-state index contributed by atoms with van der Waals surface area (Å²) in [7, 11) is -2.14. The number of hydrogen-bond donors (Lipinski definition) is 2. The van der Waals surface area contributed by atoms with Gasteiger partial charge in [-0.25, -0.2) is 22.2 Å². The Morgan fingerprint density at radius 1 is 1.12 bits per heavy atom. The second kappa shape index (κ2) is 10.2. The van der Waals surface area contributed by atoms with Gasteiger partial charge < -0.3 is 10.1 Å². The summed E-state index contributed by atoms with van der Waals surface area (Å²) in [5, 5.41) is 9.44. The monoisotopic (exact) mass is 563 g/mol. The van der Waals surface area contributed by atoms with Crippen LogP contribution in [0.15, 0.2) is 59.6 Å². The lowest BCUT2D eigenvalue weighted by atomic mass is 10.0. The summed E-state index contributed by atoms with van der Waals surface area (Å²) >= 11 is 0. The Hall–Kier alpha value is -3.50. The van der Waals surface area contributed by atoms with E-state index in [1.54, 1.807) is 10.9 Å². The van der Waals surface area contributed by atoms with E-state index in [2.05, 4.69) is 20.1 Å². The van der Waals surface area contributed by atoms with Crippen molar-refractivity contribution in [2.24, 2.45) is 7.05 Å². The van der Waals surface area contributed by atoms with Gasteiger partial charge in [0.1, 0.15) is 18.1 Å². The molecule has 0 aliphatic heterocycles. The number of aryl methyl sites for hydroxylation is 1. The van der Waals surface area contributed by atoms with Crippen LogP contribution in [0.3, 0.4) is 0 Å². The van der Waals surface area contributed by atoms with Crippen LogP contribution in [0.5, 0.6) is 5.88 Å². The standard InChI is InChI=1S/C30H34FN5O3S/c1-30(2,31)18-33-40(37,38)29-24-13-23(12-21(24)11-22-16-32-26(14-25(22)29)20-9-10-20)34-27-15-28(35-36(27)3)39-17-19-7-5-4-6-8-19/h4-8,11,14-16,20,23,33-34H,9-10,12-13,17-18H2,1-3H3. The van der Waals surface area contributed by atoms with Gasteiger partial charge in [-0.2, -0.15) is 0 Å².